The van der Waals surface area contributed by atoms with Crippen LogP contribution in [-0.4, -0.2) is 59.6 Å². The molecule has 208 valence electrons. The van der Waals surface area contributed by atoms with Crippen molar-refractivity contribution in [3.8, 4) is 5.75 Å². The Morgan fingerprint density at radius 3 is 2.38 bits per heavy atom. The van der Waals surface area contributed by atoms with Gasteiger partial charge in [0.2, 0.25) is 20.0 Å². The maximum Gasteiger partial charge on any atom is 0.238 e. The van der Waals surface area contributed by atoms with Crippen molar-refractivity contribution in [3.63, 3.8) is 0 Å². The molecule has 1 atom stereocenters. The summed E-state index contributed by atoms with van der Waals surface area (Å²) >= 11 is 0. The van der Waals surface area contributed by atoms with Gasteiger partial charge in [-0.25, -0.2) is 22.0 Å². The van der Waals surface area contributed by atoms with Gasteiger partial charge in [0.05, 0.1) is 22.9 Å². The molecule has 0 saturated carbocycles. The number of hydrogen-bond acceptors (Lipinski definition) is 8. The first-order chi connectivity index (χ1) is 17.5. The Morgan fingerprint density at radius 2 is 1.65 bits per heavy atom. The Morgan fingerprint density at radius 1 is 0.946 bits per heavy atom. The molecule has 0 saturated heterocycles. The van der Waals surface area contributed by atoms with Crippen LogP contribution in [0.5, 0.6) is 5.75 Å². The fourth-order valence-electron chi connectivity index (χ4n) is 3.74. The largest absolute Gasteiger partial charge is 0.506 e. The number of benzene rings is 2. The van der Waals surface area contributed by atoms with Gasteiger partial charge in [-0.1, -0.05) is 37.5 Å². The minimum Gasteiger partial charge on any atom is -0.506 e. The van der Waals surface area contributed by atoms with Gasteiger partial charge in [0.1, 0.15) is 5.75 Å². The summed E-state index contributed by atoms with van der Waals surface area (Å²) in [5.41, 5.74) is 1.47. The van der Waals surface area contributed by atoms with Crippen molar-refractivity contribution in [1.82, 2.24) is 5.32 Å². The number of aliphatic hydroxyl groups excluding tert-OH is 1. The fourth-order valence-corrected chi connectivity index (χ4v) is 4.89. The van der Waals surface area contributed by atoms with E-state index in [1.165, 1.54) is 18.2 Å². The number of aliphatic hydroxyl groups is 1. The van der Waals surface area contributed by atoms with Gasteiger partial charge in [0.25, 0.3) is 0 Å². The zero-order chi connectivity index (χ0) is 27.3. The van der Waals surface area contributed by atoms with Crippen molar-refractivity contribution < 1.29 is 31.8 Å². The van der Waals surface area contributed by atoms with Gasteiger partial charge in [0, 0.05) is 19.8 Å². The highest BCUT2D eigenvalue weighted by Crippen LogP contribution is 2.27. The molecular formula is C25H39N3O7S2. The smallest absolute Gasteiger partial charge is 0.238 e. The van der Waals surface area contributed by atoms with E-state index in [9.17, 15) is 27.0 Å². The number of nitrogens with one attached hydrogen (secondary N) is 2. The number of phenolic OH excluding ortho intramolecular Hbond substituents is 1. The molecule has 10 nitrogen and oxygen atoms in total. The number of sulfonamides is 2. The van der Waals surface area contributed by atoms with Crippen molar-refractivity contribution >= 4 is 25.7 Å². The Bertz CT molecular complexity index is 1190. The first-order valence-corrected chi connectivity index (χ1v) is 15.8. The number of hydrogen-bond donors (Lipinski definition) is 5. The molecular weight excluding hydrogens is 518 g/mol. The first-order valence-electron chi connectivity index (χ1n) is 12.3. The van der Waals surface area contributed by atoms with Crippen molar-refractivity contribution in [2.75, 3.05) is 37.3 Å². The number of aromatic hydroxyl groups is 1. The van der Waals surface area contributed by atoms with E-state index in [-0.39, 0.29) is 16.3 Å². The maximum absolute atomic E-state index is 11.4. The van der Waals surface area contributed by atoms with Crippen LogP contribution in [-0.2, 0) is 31.2 Å². The van der Waals surface area contributed by atoms with Crippen LogP contribution in [0.25, 0.3) is 0 Å². The van der Waals surface area contributed by atoms with E-state index in [0.717, 1.165) is 63.3 Å². The molecule has 0 aliphatic carbocycles. The monoisotopic (exact) mass is 557 g/mol. The third-order valence-electron chi connectivity index (χ3n) is 5.66. The minimum atomic E-state index is -3.68. The highest BCUT2D eigenvalue weighted by Gasteiger charge is 2.13. The molecule has 0 unspecified atom stereocenters. The predicted octanol–water partition coefficient (Wildman–Crippen LogP) is 2.63. The van der Waals surface area contributed by atoms with Gasteiger partial charge >= 0.3 is 0 Å². The second-order valence-electron chi connectivity index (χ2n) is 9.05. The van der Waals surface area contributed by atoms with Crippen LogP contribution in [0.3, 0.4) is 0 Å². The number of anilines is 1. The number of unbranched alkanes of at least 4 members (excludes halogenated alkanes) is 4. The van der Waals surface area contributed by atoms with Crippen LogP contribution in [0.2, 0.25) is 0 Å². The standard InChI is InChI=1S/C25H39N3O7S2/c1-36(31,32)28-23-18-21(12-13-24(23)29)25(30)19-27-14-5-3-2-4-6-15-35-16-8-10-20-9-7-11-22(17-20)37(26,33)34/h7,9,11-13,17-18,25,27-30H,2-6,8,10,14-16,19H2,1H3,(H2,26,33,34)/t25-/m1/s1. The second kappa shape index (κ2) is 15.3. The molecule has 0 spiro atoms. The second-order valence-corrected chi connectivity index (χ2v) is 12.4. The fraction of sp³-hybridized carbons (Fsp3) is 0.520. The molecule has 0 radical (unpaired) electrons. The summed E-state index contributed by atoms with van der Waals surface area (Å²) in [4.78, 5) is 0.132. The molecule has 0 aliphatic rings. The van der Waals surface area contributed by atoms with Gasteiger partial charge < -0.3 is 20.3 Å². The lowest BCUT2D eigenvalue weighted by molar-refractivity contribution is 0.127. The molecule has 0 heterocycles. The zero-order valence-electron chi connectivity index (χ0n) is 21.2. The molecule has 2 rings (SSSR count). The zero-order valence-corrected chi connectivity index (χ0v) is 22.9. The third-order valence-corrected chi connectivity index (χ3v) is 7.16. The summed E-state index contributed by atoms with van der Waals surface area (Å²) in [5, 5.41) is 28.5. The molecule has 0 aromatic heterocycles. The molecule has 0 aliphatic heterocycles. The summed E-state index contributed by atoms with van der Waals surface area (Å²) in [6, 6.07) is 11.0. The highest BCUT2D eigenvalue weighted by molar-refractivity contribution is 7.92. The summed E-state index contributed by atoms with van der Waals surface area (Å²) in [5.74, 6) is -0.201. The summed E-state index contributed by atoms with van der Waals surface area (Å²) in [6.45, 7) is 2.40. The molecule has 2 aromatic carbocycles. The molecule has 6 N–H and O–H groups in total. The van der Waals surface area contributed by atoms with E-state index in [2.05, 4.69) is 10.0 Å². The van der Waals surface area contributed by atoms with Gasteiger partial charge in [-0.3, -0.25) is 4.72 Å². The molecule has 37 heavy (non-hydrogen) atoms. The van der Waals surface area contributed by atoms with Gasteiger partial charge in [-0.05, 0) is 67.6 Å². The summed E-state index contributed by atoms with van der Waals surface area (Å²) in [7, 11) is -7.21. The molecule has 2 aromatic rings. The average Bonchev–Trinajstić information content (AvgIpc) is 2.82. The van der Waals surface area contributed by atoms with Gasteiger partial charge in [-0.2, -0.15) is 0 Å². The summed E-state index contributed by atoms with van der Waals surface area (Å²) in [6.07, 6.45) is 6.89. The first kappa shape index (κ1) is 31.0. The minimum absolute atomic E-state index is 0.0398. The van der Waals surface area contributed by atoms with E-state index in [0.29, 0.717) is 25.3 Å². The predicted molar refractivity (Wildman–Crippen MR) is 144 cm³/mol. The number of primary sulfonamides is 1. The van der Waals surface area contributed by atoms with E-state index in [4.69, 9.17) is 9.88 Å². The van der Waals surface area contributed by atoms with Crippen molar-refractivity contribution in [1.29, 1.82) is 0 Å². The van der Waals surface area contributed by atoms with Crippen molar-refractivity contribution in [2.45, 2.75) is 55.9 Å². The van der Waals surface area contributed by atoms with E-state index in [1.54, 1.807) is 18.2 Å². The molecule has 0 bridgehead atoms. The Hall–Kier alpha value is -2.22. The Labute approximate surface area is 220 Å². The SMILES string of the molecule is CS(=O)(=O)Nc1cc([C@H](O)CNCCCCCCCOCCCc2cccc(S(N)(=O)=O)c2)ccc1O. The number of aryl methyl sites for hydroxylation is 1. The molecule has 0 amide bonds. The highest BCUT2D eigenvalue weighted by atomic mass is 32.2. The topological polar surface area (TPSA) is 168 Å². The quantitative estimate of drug-likeness (QED) is 0.138. The average molecular weight is 558 g/mol. The van der Waals surface area contributed by atoms with Crippen LogP contribution >= 0.6 is 0 Å². The van der Waals surface area contributed by atoms with Crippen molar-refractivity contribution in [3.05, 3.63) is 53.6 Å². The van der Waals surface area contributed by atoms with Crippen molar-refractivity contribution in [2.24, 2.45) is 5.14 Å². The molecule has 12 heteroatoms. The van der Waals surface area contributed by atoms with Gasteiger partial charge in [-0.15, -0.1) is 0 Å². The normalized spacial score (nSPS) is 12.9. The lowest BCUT2D eigenvalue weighted by atomic mass is 10.1. The number of nitrogens with two attached hydrogens (primary N) is 1. The van der Waals surface area contributed by atoms with Crippen LogP contribution < -0.4 is 15.2 Å². The molecule has 0 fully saturated rings. The van der Waals surface area contributed by atoms with E-state index >= 15 is 0 Å². The van der Waals surface area contributed by atoms with Crippen LogP contribution in [0.1, 0.15) is 55.8 Å². The number of rotatable bonds is 18. The third kappa shape index (κ3) is 12.7. The number of phenols is 1. The van der Waals surface area contributed by atoms with Crippen LogP contribution in [0.4, 0.5) is 5.69 Å². The number of ether oxygens (including phenoxy) is 1. The lowest BCUT2D eigenvalue weighted by Crippen LogP contribution is -2.22. The van der Waals surface area contributed by atoms with Gasteiger partial charge in [0.15, 0.2) is 0 Å². The lowest BCUT2D eigenvalue weighted by Gasteiger charge is -2.14. The van der Waals surface area contributed by atoms with E-state index in [1.807, 2.05) is 6.07 Å². The summed E-state index contributed by atoms with van der Waals surface area (Å²) < 4.78 is 53.5. The van der Waals surface area contributed by atoms with Crippen LogP contribution in [0.15, 0.2) is 47.4 Å². The van der Waals surface area contributed by atoms with E-state index < -0.39 is 26.2 Å². The Kier molecular flexibility index (Phi) is 12.8. The Balaban J connectivity index is 1.48. The van der Waals surface area contributed by atoms with Crippen LogP contribution in [0, 0.1) is 0 Å². The maximum atomic E-state index is 11.4.